The molecule has 6 nitrogen and oxygen atoms in total. The number of ether oxygens (including phenoxy) is 2. The lowest BCUT2D eigenvalue weighted by Gasteiger charge is -2.32. The summed E-state index contributed by atoms with van der Waals surface area (Å²) in [5.41, 5.74) is -0.933. The van der Waals surface area contributed by atoms with Crippen LogP contribution < -0.4 is 0 Å². The number of esters is 2. The van der Waals surface area contributed by atoms with Gasteiger partial charge < -0.3 is 14.6 Å². The van der Waals surface area contributed by atoms with E-state index in [9.17, 15) is 19.5 Å². The zero-order valence-corrected chi connectivity index (χ0v) is 12.3. The maximum atomic E-state index is 12.1. The summed E-state index contributed by atoms with van der Waals surface area (Å²) in [4.78, 5) is 34.5. The molecule has 0 saturated carbocycles. The molecule has 0 amide bonds. The van der Waals surface area contributed by atoms with Crippen LogP contribution in [0.4, 0.5) is 0 Å². The van der Waals surface area contributed by atoms with Crippen molar-refractivity contribution in [2.45, 2.75) is 26.7 Å². The Morgan fingerprint density at radius 2 is 1.95 bits per heavy atom. The minimum absolute atomic E-state index is 0.0883. The number of hydrogen-bond donors (Lipinski definition) is 1. The van der Waals surface area contributed by atoms with E-state index in [1.807, 2.05) is 0 Å². The van der Waals surface area contributed by atoms with E-state index in [4.69, 9.17) is 9.47 Å². The van der Waals surface area contributed by atoms with Gasteiger partial charge >= 0.3 is 17.9 Å². The van der Waals surface area contributed by atoms with Crippen molar-refractivity contribution in [1.82, 2.24) is 0 Å². The standard InChI is InChI=1S/C15H20O6/c1-10(2)13(18)20-8-9-21-14(19)15(3)7-5-4-6-11(15)12(16)17/h5,7,11H,1,4,6,8-9H2,2-3H3,(H,16,17). The fourth-order valence-electron chi connectivity index (χ4n) is 2.14. The van der Waals surface area contributed by atoms with Crippen LogP contribution in [0.5, 0.6) is 0 Å². The fraction of sp³-hybridized carbons (Fsp3) is 0.533. The molecule has 0 saturated heterocycles. The van der Waals surface area contributed by atoms with Crippen molar-refractivity contribution in [2.24, 2.45) is 11.3 Å². The highest BCUT2D eigenvalue weighted by Gasteiger charge is 2.45. The number of carbonyl (C=O) groups is 3. The molecule has 0 spiro atoms. The minimum Gasteiger partial charge on any atom is -0.481 e. The molecule has 2 unspecified atom stereocenters. The Morgan fingerprint density at radius 3 is 2.52 bits per heavy atom. The summed E-state index contributed by atoms with van der Waals surface area (Å²) >= 11 is 0. The van der Waals surface area contributed by atoms with E-state index in [1.54, 1.807) is 19.1 Å². The summed E-state index contributed by atoms with van der Waals surface area (Å²) in [6.07, 6.45) is 4.37. The third-order valence-corrected chi connectivity index (χ3v) is 3.45. The van der Waals surface area contributed by atoms with Crippen LogP contribution in [-0.4, -0.2) is 36.2 Å². The van der Waals surface area contributed by atoms with Crippen molar-refractivity contribution in [1.29, 1.82) is 0 Å². The number of carboxylic acid groups (broad SMARTS) is 1. The second-order valence-electron chi connectivity index (χ2n) is 5.21. The Hall–Kier alpha value is -2.11. The predicted octanol–water partition coefficient (Wildman–Crippen LogP) is 1.71. The number of carboxylic acids is 1. The number of carbonyl (C=O) groups excluding carboxylic acids is 2. The molecule has 2 atom stereocenters. The molecule has 21 heavy (non-hydrogen) atoms. The van der Waals surface area contributed by atoms with E-state index < -0.39 is 29.2 Å². The molecule has 0 aromatic heterocycles. The van der Waals surface area contributed by atoms with Gasteiger partial charge in [0.05, 0.1) is 11.3 Å². The van der Waals surface area contributed by atoms with Crippen LogP contribution in [-0.2, 0) is 23.9 Å². The average Bonchev–Trinajstić information content (AvgIpc) is 2.42. The van der Waals surface area contributed by atoms with Gasteiger partial charge in [-0.25, -0.2) is 4.79 Å². The molecule has 0 heterocycles. The Kier molecular flexibility index (Phi) is 5.69. The number of aliphatic carboxylic acids is 1. The van der Waals surface area contributed by atoms with E-state index >= 15 is 0 Å². The molecule has 1 rings (SSSR count). The fourth-order valence-corrected chi connectivity index (χ4v) is 2.14. The zero-order chi connectivity index (χ0) is 16.0. The lowest BCUT2D eigenvalue weighted by atomic mass is 9.71. The van der Waals surface area contributed by atoms with E-state index in [2.05, 4.69) is 6.58 Å². The van der Waals surface area contributed by atoms with Crippen LogP contribution in [0.25, 0.3) is 0 Å². The van der Waals surface area contributed by atoms with Gasteiger partial charge in [-0.15, -0.1) is 0 Å². The molecule has 0 bridgehead atoms. The lowest BCUT2D eigenvalue weighted by molar-refractivity contribution is -0.165. The molecule has 0 fully saturated rings. The maximum Gasteiger partial charge on any atom is 0.333 e. The Morgan fingerprint density at radius 1 is 1.33 bits per heavy atom. The van der Waals surface area contributed by atoms with E-state index in [1.165, 1.54) is 6.92 Å². The molecule has 116 valence electrons. The van der Waals surface area contributed by atoms with E-state index in [-0.39, 0.29) is 18.8 Å². The number of allylic oxidation sites excluding steroid dienone is 1. The van der Waals surface area contributed by atoms with Crippen molar-refractivity contribution >= 4 is 17.9 Å². The van der Waals surface area contributed by atoms with Crippen molar-refractivity contribution in [3.05, 3.63) is 24.3 Å². The van der Waals surface area contributed by atoms with Gasteiger partial charge in [-0.1, -0.05) is 18.7 Å². The molecule has 1 aliphatic carbocycles. The van der Waals surface area contributed by atoms with Crippen LogP contribution >= 0.6 is 0 Å². The lowest BCUT2D eigenvalue weighted by Crippen LogP contribution is -2.41. The zero-order valence-electron chi connectivity index (χ0n) is 12.3. The van der Waals surface area contributed by atoms with Crippen molar-refractivity contribution in [2.75, 3.05) is 13.2 Å². The largest absolute Gasteiger partial charge is 0.481 e. The van der Waals surface area contributed by atoms with Gasteiger partial charge in [0.1, 0.15) is 13.2 Å². The van der Waals surface area contributed by atoms with Gasteiger partial charge in [0.25, 0.3) is 0 Å². The second-order valence-corrected chi connectivity index (χ2v) is 5.21. The van der Waals surface area contributed by atoms with Gasteiger partial charge in [-0.05, 0) is 26.7 Å². The normalized spacial score (nSPS) is 24.2. The summed E-state index contributed by atoms with van der Waals surface area (Å²) < 4.78 is 9.83. The summed E-state index contributed by atoms with van der Waals surface area (Å²) in [6, 6.07) is 0. The van der Waals surface area contributed by atoms with Crippen LogP contribution in [0.3, 0.4) is 0 Å². The van der Waals surface area contributed by atoms with Gasteiger partial charge in [0.15, 0.2) is 0 Å². The molecule has 6 heteroatoms. The van der Waals surface area contributed by atoms with Crippen LogP contribution in [0.2, 0.25) is 0 Å². The highest BCUT2D eigenvalue weighted by atomic mass is 16.6. The average molecular weight is 296 g/mol. The van der Waals surface area contributed by atoms with Gasteiger partial charge in [0, 0.05) is 5.57 Å². The SMILES string of the molecule is C=C(C)C(=O)OCCOC(=O)C1(C)C=CCCC1C(=O)O. The maximum absolute atomic E-state index is 12.1. The van der Waals surface area contributed by atoms with Crippen LogP contribution in [0.15, 0.2) is 24.3 Å². The van der Waals surface area contributed by atoms with Gasteiger partial charge in [-0.2, -0.15) is 0 Å². The summed E-state index contributed by atoms with van der Waals surface area (Å²) in [5.74, 6) is -3.02. The third-order valence-electron chi connectivity index (χ3n) is 3.45. The number of rotatable bonds is 6. The summed E-state index contributed by atoms with van der Waals surface area (Å²) in [7, 11) is 0. The van der Waals surface area contributed by atoms with Crippen LogP contribution in [0.1, 0.15) is 26.7 Å². The Labute approximate surface area is 123 Å². The molecule has 0 aliphatic heterocycles. The van der Waals surface area contributed by atoms with Crippen molar-refractivity contribution in [3.8, 4) is 0 Å². The third kappa shape index (κ3) is 4.18. The minimum atomic E-state index is -1.19. The molecule has 0 aromatic rings. The second kappa shape index (κ2) is 7.06. The molecule has 1 aliphatic rings. The topological polar surface area (TPSA) is 89.9 Å². The molecule has 0 aromatic carbocycles. The first kappa shape index (κ1) is 16.9. The summed E-state index contributed by atoms with van der Waals surface area (Å²) in [5, 5.41) is 9.21. The number of hydrogen-bond acceptors (Lipinski definition) is 5. The van der Waals surface area contributed by atoms with Gasteiger partial charge in [0.2, 0.25) is 0 Å². The quantitative estimate of drug-likeness (QED) is 0.347. The molecule has 0 radical (unpaired) electrons. The first-order valence-corrected chi connectivity index (χ1v) is 6.69. The molecule has 1 N–H and O–H groups in total. The van der Waals surface area contributed by atoms with Crippen molar-refractivity contribution < 1.29 is 29.0 Å². The first-order chi connectivity index (χ1) is 9.79. The van der Waals surface area contributed by atoms with Crippen LogP contribution in [0, 0.1) is 11.3 Å². The van der Waals surface area contributed by atoms with E-state index in [0.717, 1.165) is 0 Å². The Balaban J connectivity index is 2.55. The van der Waals surface area contributed by atoms with Gasteiger partial charge in [-0.3, -0.25) is 9.59 Å². The van der Waals surface area contributed by atoms with Crippen molar-refractivity contribution in [3.63, 3.8) is 0 Å². The van der Waals surface area contributed by atoms with E-state index in [0.29, 0.717) is 12.8 Å². The summed E-state index contributed by atoms with van der Waals surface area (Å²) in [6.45, 7) is 6.28. The smallest absolute Gasteiger partial charge is 0.333 e. The molecular formula is C15H20O6. The highest BCUT2D eigenvalue weighted by Crippen LogP contribution is 2.37. The Bertz CT molecular complexity index is 479. The molecular weight excluding hydrogens is 276 g/mol. The predicted molar refractivity (Wildman–Crippen MR) is 74.3 cm³/mol. The monoisotopic (exact) mass is 296 g/mol. The first-order valence-electron chi connectivity index (χ1n) is 6.69. The highest BCUT2D eigenvalue weighted by molar-refractivity contribution is 5.87.